The highest BCUT2D eigenvalue weighted by Gasteiger charge is 2.10. The van der Waals surface area contributed by atoms with Gasteiger partial charge in [0.25, 0.3) is 5.91 Å². The Morgan fingerprint density at radius 2 is 1.60 bits per heavy atom. The van der Waals surface area contributed by atoms with Crippen LogP contribution in [0.15, 0.2) is 77.5 Å². The van der Waals surface area contributed by atoms with Crippen molar-refractivity contribution in [2.75, 3.05) is 11.9 Å². The summed E-state index contributed by atoms with van der Waals surface area (Å²) in [4.78, 5) is 23.9. The van der Waals surface area contributed by atoms with Crippen molar-refractivity contribution >= 4 is 33.5 Å². The standard InChI is InChI=1S/C19H15BrN2O3/c20-15-5-7-16(8-6-15)21-18(23)13-25-19(24)14-3-9-17(10-4-14)22-11-1-2-12-22/h1-12H,13H2,(H,21,23). The number of anilines is 1. The molecular weight excluding hydrogens is 384 g/mol. The van der Waals surface area contributed by atoms with Crippen molar-refractivity contribution in [3.63, 3.8) is 0 Å². The molecule has 0 saturated carbocycles. The fourth-order valence-corrected chi connectivity index (χ4v) is 2.49. The van der Waals surface area contributed by atoms with Crippen molar-refractivity contribution in [2.24, 2.45) is 0 Å². The van der Waals surface area contributed by atoms with Crippen molar-refractivity contribution in [2.45, 2.75) is 0 Å². The molecule has 1 heterocycles. The number of carbonyl (C=O) groups excluding carboxylic acids is 2. The molecule has 0 unspecified atom stereocenters. The van der Waals surface area contributed by atoms with E-state index in [1.165, 1.54) is 0 Å². The number of halogens is 1. The number of amides is 1. The Labute approximate surface area is 153 Å². The molecule has 0 aliphatic heterocycles. The average molecular weight is 399 g/mol. The molecule has 25 heavy (non-hydrogen) atoms. The van der Waals surface area contributed by atoms with Gasteiger partial charge in [0.1, 0.15) is 0 Å². The van der Waals surface area contributed by atoms with Gasteiger partial charge in [-0.1, -0.05) is 15.9 Å². The van der Waals surface area contributed by atoms with Crippen LogP contribution < -0.4 is 5.32 Å². The topological polar surface area (TPSA) is 60.3 Å². The van der Waals surface area contributed by atoms with Crippen molar-refractivity contribution < 1.29 is 14.3 Å². The molecule has 0 spiro atoms. The molecule has 0 aliphatic rings. The van der Waals surface area contributed by atoms with Crippen LogP contribution in [0.5, 0.6) is 0 Å². The van der Waals surface area contributed by atoms with Gasteiger partial charge in [-0.3, -0.25) is 4.79 Å². The summed E-state index contributed by atoms with van der Waals surface area (Å²) in [5, 5.41) is 2.66. The van der Waals surface area contributed by atoms with E-state index in [2.05, 4.69) is 21.2 Å². The number of carbonyl (C=O) groups is 2. The van der Waals surface area contributed by atoms with Crippen molar-refractivity contribution in [3.05, 3.63) is 83.1 Å². The molecule has 0 atom stereocenters. The summed E-state index contributed by atoms with van der Waals surface area (Å²) in [7, 11) is 0. The van der Waals surface area contributed by atoms with Crippen LogP contribution >= 0.6 is 15.9 Å². The lowest BCUT2D eigenvalue weighted by atomic mass is 10.2. The van der Waals surface area contributed by atoms with Gasteiger partial charge >= 0.3 is 5.97 Å². The third-order valence-electron chi connectivity index (χ3n) is 3.47. The lowest BCUT2D eigenvalue weighted by Crippen LogP contribution is -2.20. The predicted molar refractivity (Wildman–Crippen MR) is 98.8 cm³/mol. The van der Waals surface area contributed by atoms with E-state index >= 15 is 0 Å². The second-order valence-corrected chi connectivity index (χ2v) is 6.18. The molecule has 1 amide bonds. The van der Waals surface area contributed by atoms with Crippen LogP contribution in [0.4, 0.5) is 5.69 Å². The van der Waals surface area contributed by atoms with E-state index in [-0.39, 0.29) is 12.5 Å². The number of hydrogen-bond donors (Lipinski definition) is 1. The molecule has 3 aromatic rings. The highest BCUT2D eigenvalue weighted by atomic mass is 79.9. The SMILES string of the molecule is O=C(COC(=O)c1ccc(-n2cccc2)cc1)Nc1ccc(Br)cc1. The monoisotopic (exact) mass is 398 g/mol. The summed E-state index contributed by atoms with van der Waals surface area (Å²) >= 11 is 3.32. The number of benzene rings is 2. The molecule has 0 bridgehead atoms. The summed E-state index contributed by atoms with van der Waals surface area (Å²) < 4.78 is 7.90. The fourth-order valence-electron chi connectivity index (χ4n) is 2.22. The Bertz CT molecular complexity index is 857. The van der Waals surface area contributed by atoms with Gasteiger partial charge in [0, 0.05) is 28.2 Å². The Hall–Kier alpha value is -2.86. The minimum absolute atomic E-state index is 0.339. The maximum Gasteiger partial charge on any atom is 0.338 e. The van der Waals surface area contributed by atoms with Crippen LogP contribution in [0.1, 0.15) is 10.4 Å². The van der Waals surface area contributed by atoms with Crippen LogP contribution in [0, 0.1) is 0 Å². The Morgan fingerprint density at radius 3 is 2.24 bits per heavy atom. The molecule has 6 heteroatoms. The maximum absolute atomic E-state index is 12.0. The molecule has 5 nitrogen and oxygen atoms in total. The van der Waals surface area contributed by atoms with Gasteiger partial charge in [0.15, 0.2) is 6.61 Å². The molecule has 1 aromatic heterocycles. The van der Waals surface area contributed by atoms with Crippen molar-refractivity contribution in [3.8, 4) is 5.69 Å². The van der Waals surface area contributed by atoms with E-state index < -0.39 is 5.97 Å². The van der Waals surface area contributed by atoms with E-state index in [1.807, 2.05) is 53.4 Å². The zero-order valence-corrected chi connectivity index (χ0v) is 14.8. The average Bonchev–Trinajstić information content (AvgIpc) is 3.16. The number of rotatable bonds is 5. The highest BCUT2D eigenvalue weighted by Crippen LogP contribution is 2.14. The maximum atomic E-state index is 12.0. The zero-order chi connectivity index (χ0) is 17.6. The second-order valence-electron chi connectivity index (χ2n) is 5.27. The van der Waals surface area contributed by atoms with Gasteiger partial charge in [-0.15, -0.1) is 0 Å². The summed E-state index contributed by atoms with van der Waals surface area (Å²) in [5.74, 6) is -0.926. The second kappa shape index (κ2) is 7.81. The molecule has 3 rings (SSSR count). The molecule has 2 aromatic carbocycles. The number of nitrogens with zero attached hydrogens (tertiary/aromatic N) is 1. The van der Waals surface area contributed by atoms with E-state index in [0.29, 0.717) is 11.3 Å². The van der Waals surface area contributed by atoms with E-state index in [9.17, 15) is 9.59 Å². The lowest BCUT2D eigenvalue weighted by Gasteiger charge is -2.08. The molecule has 126 valence electrons. The van der Waals surface area contributed by atoms with Crippen molar-refractivity contribution in [1.29, 1.82) is 0 Å². The summed E-state index contributed by atoms with van der Waals surface area (Å²) in [6, 6.07) is 18.0. The van der Waals surface area contributed by atoms with Gasteiger partial charge < -0.3 is 14.6 Å². The largest absolute Gasteiger partial charge is 0.452 e. The van der Waals surface area contributed by atoms with Gasteiger partial charge in [-0.05, 0) is 60.7 Å². The number of aromatic nitrogens is 1. The van der Waals surface area contributed by atoms with Crippen LogP contribution in [0.2, 0.25) is 0 Å². The fraction of sp³-hybridized carbons (Fsp3) is 0.0526. The molecule has 0 saturated heterocycles. The Morgan fingerprint density at radius 1 is 0.960 bits per heavy atom. The number of ether oxygens (including phenoxy) is 1. The first kappa shape index (κ1) is 17.0. The molecule has 0 radical (unpaired) electrons. The third-order valence-corrected chi connectivity index (χ3v) is 4.00. The van der Waals surface area contributed by atoms with Gasteiger partial charge in [-0.2, -0.15) is 0 Å². The van der Waals surface area contributed by atoms with E-state index in [4.69, 9.17) is 4.74 Å². The normalized spacial score (nSPS) is 10.3. The van der Waals surface area contributed by atoms with Crippen LogP contribution in [-0.4, -0.2) is 23.1 Å². The highest BCUT2D eigenvalue weighted by molar-refractivity contribution is 9.10. The van der Waals surface area contributed by atoms with Gasteiger partial charge in [0.2, 0.25) is 0 Å². The molecule has 0 fully saturated rings. The summed E-state index contributed by atoms with van der Waals surface area (Å²) in [5.41, 5.74) is 1.97. The van der Waals surface area contributed by atoms with Crippen molar-refractivity contribution in [1.82, 2.24) is 4.57 Å². The third kappa shape index (κ3) is 4.58. The summed E-state index contributed by atoms with van der Waals surface area (Å²) in [6.07, 6.45) is 3.83. The molecular formula is C19H15BrN2O3. The first-order valence-corrected chi connectivity index (χ1v) is 8.37. The summed E-state index contributed by atoms with van der Waals surface area (Å²) in [6.45, 7) is -0.339. The Kier molecular flexibility index (Phi) is 5.30. The predicted octanol–water partition coefficient (Wildman–Crippen LogP) is 4.04. The molecule has 1 N–H and O–H groups in total. The molecule has 0 aliphatic carbocycles. The van der Waals surface area contributed by atoms with Crippen LogP contribution in [0.25, 0.3) is 5.69 Å². The van der Waals surface area contributed by atoms with Crippen LogP contribution in [0.3, 0.4) is 0 Å². The number of nitrogens with one attached hydrogen (secondary N) is 1. The minimum atomic E-state index is -0.537. The minimum Gasteiger partial charge on any atom is -0.452 e. The van der Waals surface area contributed by atoms with Crippen LogP contribution in [-0.2, 0) is 9.53 Å². The number of esters is 1. The first-order chi connectivity index (χ1) is 12.1. The number of hydrogen-bond acceptors (Lipinski definition) is 3. The zero-order valence-electron chi connectivity index (χ0n) is 13.2. The van der Waals surface area contributed by atoms with Gasteiger partial charge in [-0.25, -0.2) is 4.79 Å². The Balaban J connectivity index is 1.53. The smallest absolute Gasteiger partial charge is 0.338 e. The first-order valence-electron chi connectivity index (χ1n) is 7.58. The quantitative estimate of drug-likeness (QED) is 0.659. The van der Waals surface area contributed by atoms with E-state index in [1.54, 1.807) is 24.3 Å². The van der Waals surface area contributed by atoms with E-state index in [0.717, 1.165) is 10.2 Å². The lowest BCUT2D eigenvalue weighted by molar-refractivity contribution is -0.119. The van der Waals surface area contributed by atoms with Gasteiger partial charge in [0.05, 0.1) is 5.56 Å².